The van der Waals surface area contributed by atoms with Crippen molar-refractivity contribution in [3.05, 3.63) is 66.0 Å². The van der Waals surface area contributed by atoms with E-state index < -0.39 is 0 Å². The van der Waals surface area contributed by atoms with Gasteiger partial charge >= 0.3 is 0 Å². The number of likely N-dealkylation sites (tertiary alicyclic amines) is 1. The van der Waals surface area contributed by atoms with Gasteiger partial charge in [0, 0.05) is 44.1 Å². The summed E-state index contributed by atoms with van der Waals surface area (Å²) >= 11 is 0. The van der Waals surface area contributed by atoms with Gasteiger partial charge in [0.2, 0.25) is 0 Å². The second kappa shape index (κ2) is 6.83. The molecule has 3 nitrogen and oxygen atoms in total. The molecule has 0 aliphatic carbocycles. The Kier molecular flexibility index (Phi) is 4.63. The molecule has 1 N–H and O–H groups in total. The molecule has 1 saturated heterocycles. The molecule has 21 heavy (non-hydrogen) atoms. The largest absolute Gasteiger partial charge is 0.309 e. The van der Waals surface area contributed by atoms with Gasteiger partial charge in [0.05, 0.1) is 0 Å². The second-order valence-electron chi connectivity index (χ2n) is 5.81. The predicted octanol–water partition coefficient (Wildman–Crippen LogP) is 3.01. The summed E-state index contributed by atoms with van der Waals surface area (Å²) in [7, 11) is 0. The summed E-state index contributed by atoms with van der Waals surface area (Å²) in [6.45, 7) is 5.50. The van der Waals surface area contributed by atoms with Gasteiger partial charge in [-0.2, -0.15) is 0 Å². The van der Waals surface area contributed by atoms with Crippen molar-refractivity contribution in [2.24, 2.45) is 0 Å². The lowest BCUT2D eigenvalue weighted by atomic mass is 10.1. The van der Waals surface area contributed by atoms with E-state index in [1.807, 2.05) is 18.5 Å². The molecule has 0 radical (unpaired) electrons. The van der Waals surface area contributed by atoms with Crippen LogP contribution in [0.3, 0.4) is 0 Å². The number of hydrogen-bond acceptors (Lipinski definition) is 3. The first-order valence-corrected chi connectivity index (χ1v) is 7.74. The molecule has 1 fully saturated rings. The highest BCUT2D eigenvalue weighted by Crippen LogP contribution is 2.24. The van der Waals surface area contributed by atoms with Crippen LogP contribution < -0.4 is 5.32 Å². The summed E-state index contributed by atoms with van der Waals surface area (Å²) in [5.41, 5.74) is 2.66. The van der Waals surface area contributed by atoms with Gasteiger partial charge in [-0.3, -0.25) is 9.88 Å². The van der Waals surface area contributed by atoms with Crippen LogP contribution >= 0.6 is 0 Å². The summed E-state index contributed by atoms with van der Waals surface area (Å²) in [5, 5.41) is 3.65. The summed E-state index contributed by atoms with van der Waals surface area (Å²) in [4.78, 5) is 6.73. The second-order valence-corrected chi connectivity index (χ2v) is 5.81. The van der Waals surface area contributed by atoms with Crippen LogP contribution in [-0.4, -0.2) is 29.0 Å². The van der Waals surface area contributed by atoms with Crippen molar-refractivity contribution in [1.29, 1.82) is 0 Å². The zero-order valence-electron chi connectivity index (χ0n) is 12.6. The molecule has 1 aliphatic heterocycles. The first-order chi connectivity index (χ1) is 10.3. The molecule has 1 aliphatic rings. The SMILES string of the molecule is C[C@@H](c1ccccc1)N1CC[C@H](NCc2cccnc2)C1. The lowest BCUT2D eigenvalue weighted by molar-refractivity contribution is 0.255. The van der Waals surface area contributed by atoms with Crippen LogP contribution in [0.25, 0.3) is 0 Å². The standard InChI is InChI=1S/C18H23N3/c1-15(17-7-3-2-4-8-17)21-11-9-18(14-21)20-13-16-6-5-10-19-12-16/h2-8,10,12,15,18,20H,9,11,13-14H2,1H3/t15-,18-/m0/s1. The zero-order valence-corrected chi connectivity index (χ0v) is 12.6. The van der Waals surface area contributed by atoms with E-state index in [0.717, 1.165) is 13.1 Å². The van der Waals surface area contributed by atoms with Crippen LogP contribution in [0.5, 0.6) is 0 Å². The van der Waals surface area contributed by atoms with E-state index in [2.05, 4.69) is 58.5 Å². The van der Waals surface area contributed by atoms with Gasteiger partial charge in [0.1, 0.15) is 0 Å². The van der Waals surface area contributed by atoms with E-state index in [1.54, 1.807) is 0 Å². The third-order valence-corrected chi connectivity index (χ3v) is 4.37. The molecule has 2 heterocycles. The molecular weight excluding hydrogens is 258 g/mol. The minimum Gasteiger partial charge on any atom is -0.309 e. The fourth-order valence-electron chi connectivity index (χ4n) is 3.01. The third kappa shape index (κ3) is 3.69. The predicted molar refractivity (Wildman–Crippen MR) is 85.9 cm³/mol. The molecule has 110 valence electrons. The van der Waals surface area contributed by atoms with Crippen molar-refractivity contribution in [3.8, 4) is 0 Å². The molecule has 0 saturated carbocycles. The van der Waals surface area contributed by atoms with E-state index in [0.29, 0.717) is 12.1 Å². The number of rotatable bonds is 5. The molecule has 3 rings (SSSR count). The van der Waals surface area contributed by atoms with E-state index >= 15 is 0 Å². The van der Waals surface area contributed by atoms with Crippen LogP contribution in [0.4, 0.5) is 0 Å². The lowest BCUT2D eigenvalue weighted by Crippen LogP contribution is -2.33. The highest BCUT2D eigenvalue weighted by atomic mass is 15.2. The van der Waals surface area contributed by atoms with Crippen LogP contribution in [0, 0.1) is 0 Å². The van der Waals surface area contributed by atoms with Gasteiger partial charge in [-0.15, -0.1) is 0 Å². The first-order valence-electron chi connectivity index (χ1n) is 7.74. The lowest BCUT2D eigenvalue weighted by Gasteiger charge is -2.24. The van der Waals surface area contributed by atoms with Crippen molar-refractivity contribution in [1.82, 2.24) is 15.2 Å². The normalized spacial score (nSPS) is 20.5. The topological polar surface area (TPSA) is 28.2 Å². The van der Waals surface area contributed by atoms with Crippen molar-refractivity contribution in [2.45, 2.75) is 32.0 Å². The number of nitrogens with one attached hydrogen (secondary N) is 1. The molecule has 0 amide bonds. The molecule has 0 bridgehead atoms. The summed E-state index contributed by atoms with van der Waals surface area (Å²) in [6, 6.07) is 16.0. The van der Waals surface area contributed by atoms with Gasteiger partial charge in [-0.1, -0.05) is 36.4 Å². The molecule has 0 unspecified atom stereocenters. The van der Waals surface area contributed by atoms with E-state index in [4.69, 9.17) is 0 Å². The van der Waals surface area contributed by atoms with Crippen LogP contribution in [-0.2, 0) is 6.54 Å². The minimum atomic E-state index is 0.497. The van der Waals surface area contributed by atoms with Crippen LogP contribution in [0.2, 0.25) is 0 Å². The Morgan fingerprint density at radius 2 is 2.10 bits per heavy atom. The monoisotopic (exact) mass is 281 g/mol. The smallest absolute Gasteiger partial charge is 0.0320 e. The van der Waals surface area contributed by atoms with Crippen molar-refractivity contribution < 1.29 is 0 Å². The Balaban J connectivity index is 1.51. The van der Waals surface area contributed by atoms with Crippen molar-refractivity contribution in [2.75, 3.05) is 13.1 Å². The average Bonchev–Trinajstić information content (AvgIpc) is 3.03. The molecule has 2 atom stereocenters. The Bertz CT molecular complexity index is 541. The fraction of sp³-hybridized carbons (Fsp3) is 0.389. The number of aromatic nitrogens is 1. The average molecular weight is 281 g/mol. The van der Waals surface area contributed by atoms with Gasteiger partial charge in [0.25, 0.3) is 0 Å². The Hall–Kier alpha value is -1.71. The minimum absolute atomic E-state index is 0.497. The highest BCUT2D eigenvalue weighted by Gasteiger charge is 2.26. The Labute approximate surface area is 127 Å². The fourth-order valence-corrected chi connectivity index (χ4v) is 3.01. The van der Waals surface area contributed by atoms with E-state index in [9.17, 15) is 0 Å². The maximum atomic E-state index is 4.16. The van der Waals surface area contributed by atoms with Gasteiger partial charge in [-0.25, -0.2) is 0 Å². The van der Waals surface area contributed by atoms with Gasteiger partial charge in [0.15, 0.2) is 0 Å². The molecule has 0 spiro atoms. The molecular formula is C18H23N3. The molecule has 3 heteroatoms. The number of nitrogens with zero attached hydrogens (tertiary/aromatic N) is 2. The van der Waals surface area contributed by atoms with Gasteiger partial charge in [-0.05, 0) is 30.5 Å². The number of hydrogen-bond donors (Lipinski definition) is 1. The maximum absolute atomic E-state index is 4.16. The van der Waals surface area contributed by atoms with Crippen molar-refractivity contribution >= 4 is 0 Å². The number of pyridine rings is 1. The molecule has 2 aromatic rings. The summed E-state index contributed by atoms with van der Waals surface area (Å²) in [5.74, 6) is 0. The highest BCUT2D eigenvalue weighted by molar-refractivity contribution is 5.18. The van der Waals surface area contributed by atoms with Crippen LogP contribution in [0.1, 0.15) is 30.5 Å². The van der Waals surface area contributed by atoms with Gasteiger partial charge < -0.3 is 5.32 Å². The van der Waals surface area contributed by atoms with Crippen molar-refractivity contribution in [3.63, 3.8) is 0 Å². The summed E-state index contributed by atoms with van der Waals surface area (Å²) < 4.78 is 0. The zero-order chi connectivity index (χ0) is 14.5. The molecule has 1 aromatic carbocycles. The molecule has 1 aromatic heterocycles. The van der Waals surface area contributed by atoms with E-state index in [-0.39, 0.29) is 0 Å². The van der Waals surface area contributed by atoms with E-state index in [1.165, 1.54) is 24.1 Å². The summed E-state index contributed by atoms with van der Waals surface area (Å²) in [6.07, 6.45) is 4.98. The third-order valence-electron chi connectivity index (χ3n) is 4.37. The number of benzene rings is 1. The maximum Gasteiger partial charge on any atom is 0.0320 e. The first kappa shape index (κ1) is 14.2. The Morgan fingerprint density at radius 3 is 2.86 bits per heavy atom. The Morgan fingerprint density at radius 1 is 1.24 bits per heavy atom. The quantitative estimate of drug-likeness (QED) is 0.913. The van der Waals surface area contributed by atoms with Crippen LogP contribution in [0.15, 0.2) is 54.9 Å².